The maximum absolute atomic E-state index is 13.6. The van der Waals surface area contributed by atoms with E-state index in [1.807, 2.05) is 0 Å². The van der Waals surface area contributed by atoms with Gasteiger partial charge in [0.05, 0.1) is 5.02 Å². The zero-order valence-electron chi connectivity index (χ0n) is 10.6. The molecule has 3 heteroatoms. The summed E-state index contributed by atoms with van der Waals surface area (Å²) >= 11 is 5.73. The molecular weight excluding hydrogens is 237 g/mol. The third-order valence-electron chi connectivity index (χ3n) is 2.91. The van der Waals surface area contributed by atoms with Gasteiger partial charge in [0.1, 0.15) is 5.82 Å². The maximum atomic E-state index is 13.6. The molecule has 0 aliphatic carbocycles. The van der Waals surface area contributed by atoms with Gasteiger partial charge >= 0.3 is 0 Å². The lowest BCUT2D eigenvalue weighted by molar-refractivity contribution is 0.479. The zero-order valence-corrected chi connectivity index (χ0v) is 11.4. The van der Waals surface area contributed by atoms with Gasteiger partial charge in [-0.05, 0) is 19.4 Å². The van der Waals surface area contributed by atoms with Crippen LogP contribution in [0.15, 0.2) is 18.2 Å². The van der Waals surface area contributed by atoms with Crippen molar-refractivity contribution in [2.45, 2.75) is 52.1 Å². The first-order valence-corrected chi connectivity index (χ1v) is 6.69. The summed E-state index contributed by atoms with van der Waals surface area (Å²) in [6.07, 6.45) is 4.85. The first-order valence-electron chi connectivity index (χ1n) is 6.31. The Bertz CT molecular complexity index is 341. The Balaban J connectivity index is 2.37. The van der Waals surface area contributed by atoms with E-state index in [2.05, 4.69) is 19.2 Å². The number of nitrogens with one attached hydrogen (secondary N) is 1. The molecule has 0 saturated carbocycles. The van der Waals surface area contributed by atoms with Crippen LogP contribution in [0.2, 0.25) is 5.02 Å². The molecule has 1 atom stereocenters. The minimum absolute atomic E-state index is 0.197. The first kappa shape index (κ1) is 14.5. The van der Waals surface area contributed by atoms with Gasteiger partial charge in [-0.1, -0.05) is 49.9 Å². The van der Waals surface area contributed by atoms with Crippen molar-refractivity contribution in [2.24, 2.45) is 0 Å². The summed E-state index contributed by atoms with van der Waals surface area (Å²) in [7, 11) is 0. The lowest BCUT2D eigenvalue weighted by Gasteiger charge is -2.14. The van der Waals surface area contributed by atoms with E-state index in [9.17, 15) is 4.39 Å². The smallest absolute Gasteiger partial charge is 0.146 e. The number of rotatable bonds is 7. The van der Waals surface area contributed by atoms with Gasteiger partial charge in [0, 0.05) is 18.2 Å². The van der Waals surface area contributed by atoms with E-state index >= 15 is 0 Å². The van der Waals surface area contributed by atoms with Crippen LogP contribution in [0.1, 0.15) is 45.1 Å². The second-order valence-corrected chi connectivity index (χ2v) is 4.90. The lowest BCUT2D eigenvalue weighted by atomic mass is 10.1. The number of benzene rings is 1. The van der Waals surface area contributed by atoms with Crippen molar-refractivity contribution in [3.8, 4) is 0 Å². The highest BCUT2D eigenvalue weighted by Crippen LogP contribution is 2.17. The van der Waals surface area contributed by atoms with E-state index in [0.29, 0.717) is 18.2 Å². The van der Waals surface area contributed by atoms with Gasteiger partial charge in [-0.3, -0.25) is 0 Å². The summed E-state index contributed by atoms with van der Waals surface area (Å²) in [6, 6.07) is 5.54. The molecule has 0 aliphatic rings. The van der Waals surface area contributed by atoms with Crippen molar-refractivity contribution in [1.29, 1.82) is 0 Å². The fourth-order valence-corrected chi connectivity index (χ4v) is 1.97. The third-order valence-corrected chi connectivity index (χ3v) is 3.21. The third kappa shape index (κ3) is 5.05. The van der Waals surface area contributed by atoms with E-state index in [-0.39, 0.29) is 10.8 Å². The minimum Gasteiger partial charge on any atom is -0.310 e. The van der Waals surface area contributed by atoms with Gasteiger partial charge in [0.25, 0.3) is 0 Å². The van der Waals surface area contributed by atoms with Crippen molar-refractivity contribution in [3.63, 3.8) is 0 Å². The summed E-state index contributed by atoms with van der Waals surface area (Å²) < 4.78 is 13.6. The number of hydrogen-bond donors (Lipinski definition) is 1. The predicted octanol–water partition coefficient (Wildman–Crippen LogP) is 4.54. The molecular formula is C14H21ClFN. The SMILES string of the molecule is CCCCCC(C)NCc1cccc(Cl)c1F. The first-order chi connectivity index (χ1) is 8.15. The molecule has 0 spiro atoms. The molecule has 0 heterocycles. The molecule has 0 aliphatic heterocycles. The molecule has 96 valence electrons. The highest BCUT2D eigenvalue weighted by Gasteiger charge is 2.07. The van der Waals surface area contributed by atoms with Crippen LogP contribution in [-0.2, 0) is 6.54 Å². The normalized spacial score (nSPS) is 12.7. The van der Waals surface area contributed by atoms with E-state index in [4.69, 9.17) is 11.6 Å². The van der Waals surface area contributed by atoms with Crippen molar-refractivity contribution < 1.29 is 4.39 Å². The molecule has 1 nitrogen and oxygen atoms in total. The fraction of sp³-hybridized carbons (Fsp3) is 0.571. The van der Waals surface area contributed by atoms with Crippen molar-refractivity contribution in [3.05, 3.63) is 34.6 Å². The van der Waals surface area contributed by atoms with Gasteiger partial charge in [0.15, 0.2) is 0 Å². The van der Waals surface area contributed by atoms with Gasteiger partial charge in [-0.2, -0.15) is 0 Å². The Morgan fingerprint density at radius 1 is 1.35 bits per heavy atom. The number of hydrogen-bond acceptors (Lipinski definition) is 1. The molecule has 0 bridgehead atoms. The molecule has 1 rings (SSSR count). The van der Waals surface area contributed by atoms with Crippen molar-refractivity contribution >= 4 is 11.6 Å². The Morgan fingerprint density at radius 3 is 2.82 bits per heavy atom. The monoisotopic (exact) mass is 257 g/mol. The summed E-state index contributed by atoms with van der Waals surface area (Å²) in [5.74, 6) is -0.303. The molecule has 1 aromatic rings. The van der Waals surface area contributed by atoms with Gasteiger partial charge in [0.2, 0.25) is 0 Å². The largest absolute Gasteiger partial charge is 0.310 e. The Morgan fingerprint density at radius 2 is 2.12 bits per heavy atom. The van der Waals surface area contributed by atoms with E-state index < -0.39 is 0 Å². The molecule has 0 aromatic heterocycles. The van der Waals surface area contributed by atoms with Crippen LogP contribution in [0.5, 0.6) is 0 Å². The summed E-state index contributed by atoms with van der Waals surface area (Å²) in [5.41, 5.74) is 0.639. The van der Waals surface area contributed by atoms with Crippen LogP contribution < -0.4 is 5.32 Å². The summed E-state index contributed by atoms with van der Waals surface area (Å²) in [5, 5.41) is 3.52. The molecule has 1 unspecified atom stereocenters. The Kier molecular flexibility index (Phi) is 6.53. The topological polar surface area (TPSA) is 12.0 Å². The van der Waals surface area contributed by atoms with Gasteiger partial charge in [-0.25, -0.2) is 4.39 Å². The molecule has 1 aromatic carbocycles. The molecule has 0 amide bonds. The summed E-state index contributed by atoms with van der Waals surface area (Å²) in [4.78, 5) is 0. The average Bonchev–Trinajstić information content (AvgIpc) is 2.31. The Labute approximate surface area is 108 Å². The van der Waals surface area contributed by atoms with Crippen molar-refractivity contribution in [2.75, 3.05) is 0 Å². The lowest BCUT2D eigenvalue weighted by Crippen LogP contribution is -2.25. The molecule has 0 fully saturated rings. The number of halogens is 2. The van der Waals surface area contributed by atoms with E-state index in [1.165, 1.54) is 19.3 Å². The van der Waals surface area contributed by atoms with Crippen LogP contribution >= 0.6 is 11.6 Å². The predicted molar refractivity (Wildman–Crippen MR) is 71.9 cm³/mol. The van der Waals surface area contributed by atoms with E-state index in [0.717, 1.165) is 6.42 Å². The van der Waals surface area contributed by atoms with Crippen LogP contribution in [0.4, 0.5) is 4.39 Å². The van der Waals surface area contributed by atoms with Crippen molar-refractivity contribution in [1.82, 2.24) is 5.32 Å². The van der Waals surface area contributed by atoms with Crippen LogP contribution in [-0.4, -0.2) is 6.04 Å². The molecule has 17 heavy (non-hydrogen) atoms. The average molecular weight is 258 g/mol. The van der Waals surface area contributed by atoms with Crippen LogP contribution in [0, 0.1) is 5.82 Å². The second kappa shape index (κ2) is 7.67. The standard InChI is InChI=1S/C14H21ClFN/c1-3-4-5-7-11(2)17-10-12-8-6-9-13(15)14(12)16/h6,8-9,11,17H,3-5,7,10H2,1-2H3. The Hall–Kier alpha value is -0.600. The molecule has 0 saturated heterocycles. The van der Waals surface area contributed by atoms with Crippen LogP contribution in [0.25, 0.3) is 0 Å². The van der Waals surface area contributed by atoms with E-state index in [1.54, 1.807) is 18.2 Å². The number of unbranched alkanes of at least 4 members (excludes halogenated alkanes) is 2. The quantitative estimate of drug-likeness (QED) is 0.708. The van der Waals surface area contributed by atoms with Gasteiger partial charge < -0.3 is 5.32 Å². The highest BCUT2D eigenvalue weighted by molar-refractivity contribution is 6.30. The zero-order chi connectivity index (χ0) is 12.7. The summed E-state index contributed by atoms with van der Waals surface area (Å²) in [6.45, 7) is 4.87. The fourth-order valence-electron chi connectivity index (χ4n) is 1.77. The minimum atomic E-state index is -0.303. The van der Waals surface area contributed by atoms with Gasteiger partial charge in [-0.15, -0.1) is 0 Å². The second-order valence-electron chi connectivity index (χ2n) is 4.49. The highest BCUT2D eigenvalue weighted by atomic mass is 35.5. The molecule has 0 radical (unpaired) electrons. The molecule has 1 N–H and O–H groups in total. The van der Waals surface area contributed by atoms with Crippen LogP contribution in [0.3, 0.4) is 0 Å². The maximum Gasteiger partial charge on any atom is 0.146 e.